The Morgan fingerprint density at radius 2 is 2.00 bits per heavy atom. The molecule has 1 aromatic carbocycles. The van der Waals surface area contributed by atoms with Gasteiger partial charge in [-0.2, -0.15) is 13.2 Å². The molecule has 0 fully saturated rings. The van der Waals surface area contributed by atoms with Crippen molar-refractivity contribution >= 4 is 18.1 Å². The zero-order chi connectivity index (χ0) is 13.9. The smallest absolute Gasteiger partial charge is 0.389 e. The molecule has 0 spiro atoms. The standard InChI is InChI=1S/C10H11F3N2O3.ClH/c11-10(12,13)4-3-8(14)7-5-6(16)1-2-9(7)15(17)18;/h1-2,5,8,16H,3-4,14H2;1H/t8-;/m1./s1. The van der Waals surface area contributed by atoms with Crippen LogP contribution in [0, 0.1) is 10.1 Å². The topological polar surface area (TPSA) is 89.4 Å². The Balaban J connectivity index is 0.00000324. The molecule has 108 valence electrons. The van der Waals surface area contributed by atoms with Gasteiger partial charge in [0.2, 0.25) is 0 Å². The second-order valence-corrected chi connectivity index (χ2v) is 3.76. The molecule has 9 heteroatoms. The van der Waals surface area contributed by atoms with Gasteiger partial charge in [0.05, 0.1) is 10.5 Å². The fraction of sp³-hybridized carbons (Fsp3) is 0.400. The molecule has 0 bridgehead atoms. The molecule has 5 nitrogen and oxygen atoms in total. The van der Waals surface area contributed by atoms with E-state index in [0.717, 1.165) is 18.2 Å². The van der Waals surface area contributed by atoms with Gasteiger partial charge in [-0.05, 0) is 18.6 Å². The van der Waals surface area contributed by atoms with Gasteiger partial charge >= 0.3 is 6.18 Å². The van der Waals surface area contributed by atoms with E-state index < -0.39 is 35.7 Å². The summed E-state index contributed by atoms with van der Waals surface area (Å²) in [4.78, 5) is 9.94. The Bertz CT molecular complexity index is 454. The van der Waals surface area contributed by atoms with Crippen LogP contribution in [0.3, 0.4) is 0 Å². The Labute approximate surface area is 112 Å². The summed E-state index contributed by atoms with van der Waals surface area (Å²) in [7, 11) is 0. The van der Waals surface area contributed by atoms with Crippen molar-refractivity contribution in [2.24, 2.45) is 5.73 Å². The summed E-state index contributed by atoms with van der Waals surface area (Å²) >= 11 is 0. The van der Waals surface area contributed by atoms with Crippen molar-refractivity contribution < 1.29 is 23.2 Å². The summed E-state index contributed by atoms with van der Waals surface area (Å²) in [6.45, 7) is 0. The number of nitro benzene ring substituents is 1. The molecule has 1 atom stereocenters. The molecule has 0 saturated carbocycles. The number of alkyl halides is 3. The highest BCUT2D eigenvalue weighted by molar-refractivity contribution is 5.85. The third kappa shape index (κ3) is 5.31. The van der Waals surface area contributed by atoms with E-state index in [1.54, 1.807) is 0 Å². The molecule has 0 aliphatic rings. The average Bonchev–Trinajstić information content (AvgIpc) is 2.24. The highest BCUT2D eigenvalue weighted by atomic mass is 35.5. The van der Waals surface area contributed by atoms with E-state index >= 15 is 0 Å². The lowest BCUT2D eigenvalue weighted by Crippen LogP contribution is -2.16. The number of hydrogen-bond acceptors (Lipinski definition) is 4. The summed E-state index contributed by atoms with van der Waals surface area (Å²) in [5.74, 6) is -0.280. The summed E-state index contributed by atoms with van der Waals surface area (Å²) in [5, 5.41) is 19.9. The zero-order valence-electron chi connectivity index (χ0n) is 9.55. The summed E-state index contributed by atoms with van der Waals surface area (Å²) in [6, 6.07) is 1.95. The minimum absolute atomic E-state index is 0. The first-order chi connectivity index (χ1) is 8.20. The first kappa shape index (κ1) is 17.5. The Kier molecular flexibility index (Phi) is 6.04. The van der Waals surface area contributed by atoms with Crippen molar-refractivity contribution in [3.05, 3.63) is 33.9 Å². The van der Waals surface area contributed by atoms with E-state index in [-0.39, 0.29) is 23.7 Å². The van der Waals surface area contributed by atoms with Crippen molar-refractivity contribution in [3.8, 4) is 5.75 Å². The van der Waals surface area contributed by atoms with E-state index in [9.17, 15) is 28.4 Å². The van der Waals surface area contributed by atoms with Crippen LogP contribution < -0.4 is 5.73 Å². The third-order valence-corrected chi connectivity index (χ3v) is 2.35. The second-order valence-electron chi connectivity index (χ2n) is 3.76. The molecule has 19 heavy (non-hydrogen) atoms. The Morgan fingerprint density at radius 1 is 1.42 bits per heavy atom. The van der Waals surface area contributed by atoms with E-state index in [1.807, 2.05) is 0 Å². The molecule has 0 radical (unpaired) electrons. The van der Waals surface area contributed by atoms with Crippen LogP contribution in [0.2, 0.25) is 0 Å². The number of aromatic hydroxyl groups is 1. The summed E-state index contributed by atoms with van der Waals surface area (Å²) < 4.78 is 36.1. The molecule has 1 aromatic rings. The number of hydrogen-bond donors (Lipinski definition) is 2. The molecule has 0 aliphatic heterocycles. The lowest BCUT2D eigenvalue weighted by Gasteiger charge is -2.13. The fourth-order valence-electron chi connectivity index (χ4n) is 1.48. The normalized spacial score (nSPS) is 12.6. The van der Waals surface area contributed by atoms with E-state index in [4.69, 9.17) is 5.73 Å². The monoisotopic (exact) mass is 300 g/mol. The molecule has 0 saturated heterocycles. The van der Waals surface area contributed by atoms with Gasteiger partial charge in [-0.25, -0.2) is 0 Å². The maximum Gasteiger partial charge on any atom is 0.389 e. The predicted molar refractivity (Wildman–Crippen MR) is 64.2 cm³/mol. The van der Waals surface area contributed by atoms with Crippen LogP contribution in [-0.2, 0) is 0 Å². The fourth-order valence-corrected chi connectivity index (χ4v) is 1.48. The molecule has 0 amide bonds. The minimum Gasteiger partial charge on any atom is -0.508 e. The molecular weight excluding hydrogens is 289 g/mol. The number of phenolic OH excluding ortho intramolecular Hbond substituents is 1. The van der Waals surface area contributed by atoms with Crippen LogP contribution in [0.1, 0.15) is 24.4 Å². The summed E-state index contributed by atoms with van der Waals surface area (Å²) in [5.41, 5.74) is 4.99. The number of halogens is 4. The van der Waals surface area contributed by atoms with Crippen molar-refractivity contribution in [3.63, 3.8) is 0 Å². The van der Waals surface area contributed by atoms with Crippen LogP contribution in [0.15, 0.2) is 18.2 Å². The summed E-state index contributed by atoms with van der Waals surface area (Å²) in [6.07, 6.45) is -5.99. The lowest BCUT2D eigenvalue weighted by atomic mass is 10.0. The SMILES string of the molecule is Cl.N[C@H](CCC(F)(F)F)c1cc(O)ccc1[N+](=O)[O-]. The third-order valence-electron chi connectivity index (χ3n) is 2.35. The Morgan fingerprint density at radius 3 is 2.47 bits per heavy atom. The van der Waals surface area contributed by atoms with Crippen LogP contribution in [0.25, 0.3) is 0 Å². The Hall–Kier alpha value is -1.54. The van der Waals surface area contributed by atoms with Gasteiger partial charge in [0.25, 0.3) is 5.69 Å². The number of nitrogens with two attached hydrogens (primary N) is 1. The molecule has 0 heterocycles. The van der Waals surface area contributed by atoms with Gasteiger partial charge in [0, 0.05) is 18.5 Å². The number of nitrogens with zero attached hydrogens (tertiary/aromatic N) is 1. The molecule has 0 unspecified atom stereocenters. The van der Waals surface area contributed by atoms with Crippen LogP contribution in [0.4, 0.5) is 18.9 Å². The van der Waals surface area contributed by atoms with Gasteiger partial charge in [0.15, 0.2) is 0 Å². The van der Waals surface area contributed by atoms with E-state index in [1.165, 1.54) is 0 Å². The minimum atomic E-state index is -4.37. The number of nitro groups is 1. The van der Waals surface area contributed by atoms with Gasteiger partial charge in [0.1, 0.15) is 5.75 Å². The zero-order valence-corrected chi connectivity index (χ0v) is 10.4. The highest BCUT2D eigenvalue weighted by Gasteiger charge is 2.29. The van der Waals surface area contributed by atoms with Crippen molar-refractivity contribution in [2.45, 2.75) is 25.1 Å². The van der Waals surface area contributed by atoms with Crippen LogP contribution in [-0.4, -0.2) is 16.2 Å². The first-order valence-electron chi connectivity index (χ1n) is 5.00. The first-order valence-corrected chi connectivity index (χ1v) is 5.00. The molecular formula is C10H12ClF3N2O3. The number of rotatable bonds is 4. The van der Waals surface area contributed by atoms with E-state index in [2.05, 4.69) is 0 Å². The second kappa shape index (κ2) is 6.58. The number of phenols is 1. The number of benzene rings is 1. The average molecular weight is 301 g/mol. The van der Waals surface area contributed by atoms with Gasteiger partial charge in [-0.3, -0.25) is 10.1 Å². The van der Waals surface area contributed by atoms with Gasteiger partial charge < -0.3 is 10.8 Å². The molecule has 1 rings (SSSR count). The maximum absolute atomic E-state index is 12.0. The maximum atomic E-state index is 12.0. The van der Waals surface area contributed by atoms with Crippen LogP contribution in [0.5, 0.6) is 5.75 Å². The van der Waals surface area contributed by atoms with E-state index in [0.29, 0.717) is 0 Å². The van der Waals surface area contributed by atoms with Gasteiger partial charge in [-0.1, -0.05) is 0 Å². The van der Waals surface area contributed by atoms with Crippen molar-refractivity contribution in [1.82, 2.24) is 0 Å². The predicted octanol–water partition coefficient (Wildman–Crippen LogP) is 3.06. The lowest BCUT2D eigenvalue weighted by molar-refractivity contribution is -0.385. The quantitative estimate of drug-likeness (QED) is 0.660. The van der Waals surface area contributed by atoms with Crippen LogP contribution >= 0.6 is 12.4 Å². The van der Waals surface area contributed by atoms with Crippen molar-refractivity contribution in [1.29, 1.82) is 0 Å². The molecule has 3 N–H and O–H groups in total. The van der Waals surface area contributed by atoms with Crippen molar-refractivity contribution in [2.75, 3.05) is 0 Å². The molecule has 0 aromatic heterocycles. The van der Waals surface area contributed by atoms with Gasteiger partial charge in [-0.15, -0.1) is 12.4 Å². The highest BCUT2D eigenvalue weighted by Crippen LogP contribution is 2.32. The molecule has 0 aliphatic carbocycles. The largest absolute Gasteiger partial charge is 0.508 e.